The molecule has 4 heteroatoms. The van der Waals surface area contributed by atoms with Crippen LogP contribution in [0.15, 0.2) is 65.7 Å². The maximum Gasteiger partial charge on any atom is 0.254 e. The van der Waals surface area contributed by atoms with Crippen LogP contribution in [0.5, 0.6) is 0 Å². The summed E-state index contributed by atoms with van der Waals surface area (Å²) in [6.45, 7) is 2.50. The predicted molar refractivity (Wildman–Crippen MR) is 84.2 cm³/mol. The molecule has 0 fully saturated rings. The first-order chi connectivity index (χ1) is 10.6. The molecule has 0 amide bonds. The average Bonchev–Trinajstić information content (AvgIpc) is 2.52. The van der Waals surface area contributed by atoms with Crippen molar-refractivity contribution in [3.63, 3.8) is 0 Å². The van der Waals surface area contributed by atoms with Gasteiger partial charge in [-0.25, -0.2) is 9.37 Å². The fraction of sp³-hybridized carbons (Fsp3) is 0.111. The van der Waals surface area contributed by atoms with Gasteiger partial charge in [0.2, 0.25) is 0 Å². The van der Waals surface area contributed by atoms with E-state index in [9.17, 15) is 9.18 Å². The lowest BCUT2D eigenvalue weighted by molar-refractivity contribution is 0.628. The smallest absolute Gasteiger partial charge is 0.254 e. The van der Waals surface area contributed by atoms with Crippen molar-refractivity contribution in [2.45, 2.75) is 13.5 Å². The molecule has 0 spiro atoms. The SMILES string of the molecule is Cc1ccccc1Cn1cnc(-c2ccc(F)cc2)cc1=O. The Morgan fingerprint density at radius 2 is 1.82 bits per heavy atom. The largest absolute Gasteiger partial charge is 0.295 e. The number of aromatic nitrogens is 2. The van der Waals surface area contributed by atoms with Crippen molar-refractivity contribution < 1.29 is 4.39 Å². The van der Waals surface area contributed by atoms with Crippen molar-refractivity contribution in [3.05, 3.63) is 88.2 Å². The summed E-state index contributed by atoms with van der Waals surface area (Å²) in [4.78, 5) is 16.6. The Labute approximate surface area is 127 Å². The van der Waals surface area contributed by atoms with E-state index in [-0.39, 0.29) is 11.4 Å². The van der Waals surface area contributed by atoms with Gasteiger partial charge in [-0.2, -0.15) is 0 Å². The van der Waals surface area contributed by atoms with Gasteiger partial charge in [-0.3, -0.25) is 9.36 Å². The maximum absolute atomic E-state index is 12.9. The highest BCUT2D eigenvalue weighted by Crippen LogP contribution is 2.15. The lowest BCUT2D eigenvalue weighted by Crippen LogP contribution is -2.20. The third kappa shape index (κ3) is 2.96. The fourth-order valence-corrected chi connectivity index (χ4v) is 2.29. The second-order valence-corrected chi connectivity index (χ2v) is 5.17. The van der Waals surface area contributed by atoms with E-state index < -0.39 is 0 Å². The molecule has 0 saturated heterocycles. The van der Waals surface area contributed by atoms with Gasteiger partial charge >= 0.3 is 0 Å². The van der Waals surface area contributed by atoms with Gasteiger partial charge in [0.25, 0.3) is 5.56 Å². The molecular weight excluding hydrogens is 279 g/mol. The van der Waals surface area contributed by atoms with Gasteiger partial charge in [-0.05, 0) is 42.3 Å². The van der Waals surface area contributed by atoms with Crippen molar-refractivity contribution in [1.29, 1.82) is 0 Å². The molecule has 22 heavy (non-hydrogen) atoms. The molecule has 0 aliphatic carbocycles. The minimum absolute atomic E-state index is 0.127. The zero-order valence-corrected chi connectivity index (χ0v) is 12.2. The topological polar surface area (TPSA) is 34.9 Å². The first-order valence-electron chi connectivity index (χ1n) is 7.00. The molecule has 3 rings (SSSR count). The summed E-state index contributed by atoms with van der Waals surface area (Å²) < 4.78 is 14.5. The zero-order chi connectivity index (χ0) is 15.5. The first kappa shape index (κ1) is 14.2. The van der Waals surface area contributed by atoms with Gasteiger partial charge in [0.15, 0.2) is 0 Å². The third-order valence-corrected chi connectivity index (χ3v) is 3.62. The predicted octanol–water partition coefficient (Wildman–Crippen LogP) is 3.41. The van der Waals surface area contributed by atoms with Crippen LogP contribution in [0.4, 0.5) is 4.39 Å². The van der Waals surface area contributed by atoms with E-state index in [0.717, 1.165) is 16.7 Å². The Kier molecular flexibility index (Phi) is 3.83. The van der Waals surface area contributed by atoms with E-state index >= 15 is 0 Å². The number of aryl methyl sites for hydroxylation is 1. The van der Waals surface area contributed by atoms with Gasteiger partial charge in [-0.15, -0.1) is 0 Å². The van der Waals surface area contributed by atoms with Crippen molar-refractivity contribution in [3.8, 4) is 11.3 Å². The zero-order valence-electron chi connectivity index (χ0n) is 12.2. The molecule has 0 unspecified atom stereocenters. The van der Waals surface area contributed by atoms with Crippen molar-refractivity contribution in [2.75, 3.05) is 0 Å². The van der Waals surface area contributed by atoms with Crippen LogP contribution in [-0.4, -0.2) is 9.55 Å². The Balaban J connectivity index is 1.91. The number of halogens is 1. The number of hydrogen-bond acceptors (Lipinski definition) is 2. The number of nitrogens with zero attached hydrogens (tertiary/aromatic N) is 2. The fourth-order valence-electron chi connectivity index (χ4n) is 2.29. The Bertz CT molecular complexity index is 853. The summed E-state index contributed by atoms with van der Waals surface area (Å²) >= 11 is 0. The second kappa shape index (κ2) is 5.93. The van der Waals surface area contributed by atoms with Crippen molar-refractivity contribution in [1.82, 2.24) is 9.55 Å². The molecule has 3 nitrogen and oxygen atoms in total. The third-order valence-electron chi connectivity index (χ3n) is 3.62. The van der Waals surface area contributed by atoms with Crippen LogP contribution in [-0.2, 0) is 6.54 Å². The summed E-state index contributed by atoms with van der Waals surface area (Å²) in [7, 11) is 0. The van der Waals surface area contributed by atoms with Crippen molar-refractivity contribution >= 4 is 0 Å². The van der Waals surface area contributed by atoms with Crippen LogP contribution in [0.3, 0.4) is 0 Å². The minimum Gasteiger partial charge on any atom is -0.295 e. The quantitative estimate of drug-likeness (QED) is 0.742. The van der Waals surface area contributed by atoms with Gasteiger partial charge in [0, 0.05) is 11.6 Å². The van der Waals surface area contributed by atoms with Crippen LogP contribution in [0.2, 0.25) is 0 Å². The highest BCUT2D eigenvalue weighted by molar-refractivity contribution is 5.58. The number of benzene rings is 2. The van der Waals surface area contributed by atoms with Crippen LogP contribution in [0.1, 0.15) is 11.1 Å². The van der Waals surface area contributed by atoms with Crippen LogP contribution in [0.25, 0.3) is 11.3 Å². The van der Waals surface area contributed by atoms with Crippen LogP contribution >= 0.6 is 0 Å². The lowest BCUT2D eigenvalue weighted by Gasteiger charge is -2.09. The van der Waals surface area contributed by atoms with Gasteiger partial charge in [0.1, 0.15) is 5.82 Å². The second-order valence-electron chi connectivity index (χ2n) is 5.17. The lowest BCUT2D eigenvalue weighted by atomic mass is 10.1. The summed E-state index contributed by atoms with van der Waals surface area (Å²) in [6, 6.07) is 15.4. The summed E-state index contributed by atoms with van der Waals surface area (Å²) in [5, 5.41) is 0. The maximum atomic E-state index is 12.9. The van der Waals surface area contributed by atoms with Gasteiger partial charge in [-0.1, -0.05) is 24.3 Å². The highest BCUT2D eigenvalue weighted by atomic mass is 19.1. The molecule has 0 bridgehead atoms. The average molecular weight is 294 g/mol. The van der Waals surface area contributed by atoms with Gasteiger partial charge in [0.05, 0.1) is 18.6 Å². The molecule has 2 aromatic carbocycles. The van der Waals surface area contributed by atoms with E-state index in [2.05, 4.69) is 4.98 Å². The normalized spacial score (nSPS) is 10.6. The minimum atomic E-state index is -0.309. The van der Waals surface area contributed by atoms with E-state index in [1.54, 1.807) is 16.7 Å². The summed E-state index contributed by atoms with van der Waals surface area (Å²) in [5.74, 6) is -0.309. The Morgan fingerprint density at radius 3 is 2.50 bits per heavy atom. The number of rotatable bonds is 3. The summed E-state index contributed by atoms with van der Waals surface area (Å²) in [6.07, 6.45) is 1.54. The molecule has 0 aliphatic rings. The standard InChI is InChI=1S/C18H15FN2O/c1-13-4-2-3-5-15(13)11-21-12-20-17(10-18(21)22)14-6-8-16(19)9-7-14/h2-10,12H,11H2,1H3. The molecular formula is C18H15FN2O. The van der Waals surface area contributed by atoms with E-state index in [1.165, 1.54) is 24.5 Å². The van der Waals surface area contributed by atoms with Gasteiger partial charge < -0.3 is 0 Å². The highest BCUT2D eigenvalue weighted by Gasteiger charge is 2.05. The number of hydrogen-bond donors (Lipinski definition) is 0. The molecule has 1 heterocycles. The molecule has 0 radical (unpaired) electrons. The summed E-state index contributed by atoms with van der Waals surface area (Å²) in [5.41, 5.74) is 3.36. The van der Waals surface area contributed by atoms with Crippen LogP contribution < -0.4 is 5.56 Å². The van der Waals surface area contributed by atoms with Crippen LogP contribution in [0, 0.1) is 12.7 Å². The molecule has 0 atom stereocenters. The molecule has 0 aliphatic heterocycles. The first-order valence-corrected chi connectivity index (χ1v) is 7.00. The molecule has 0 saturated carbocycles. The van der Waals surface area contributed by atoms with E-state index in [4.69, 9.17) is 0 Å². The molecule has 110 valence electrons. The van der Waals surface area contributed by atoms with Crippen molar-refractivity contribution in [2.24, 2.45) is 0 Å². The van der Waals surface area contributed by atoms with E-state index in [1.807, 2.05) is 31.2 Å². The molecule has 1 aromatic heterocycles. The molecule has 3 aromatic rings. The van der Waals surface area contributed by atoms with E-state index in [0.29, 0.717) is 12.2 Å². The monoisotopic (exact) mass is 294 g/mol. The molecule has 0 N–H and O–H groups in total. The Morgan fingerprint density at radius 1 is 1.09 bits per heavy atom. The Hall–Kier alpha value is -2.75.